The maximum atomic E-state index is 6.59. The molecule has 9 aromatic rings. The van der Waals surface area contributed by atoms with Crippen LogP contribution in [0.3, 0.4) is 0 Å². The highest BCUT2D eigenvalue weighted by atomic mass is 14.7. The van der Waals surface area contributed by atoms with Crippen LogP contribution in [0.1, 0.15) is 39.4 Å². The number of para-hydroxylation sites is 2. The molecule has 0 heterocycles. The zero-order valence-electron chi connectivity index (χ0n) is 32.9. The number of nitrogen functional groups attached to an aromatic ring is 2. The fourth-order valence-corrected chi connectivity index (χ4v) is 7.57. The average Bonchev–Trinajstić information content (AvgIpc) is 3.27. The smallest absolute Gasteiger partial charge is 0.0578 e. The Hall–Kier alpha value is -6.98. The van der Waals surface area contributed by atoms with Gasteiger partial charge in [0, 0.05) is 24.3 Å². The number of benzene rings is 9. The van der Waals surface area contributed by atoms with E-state index in [1.807, 2.05) is 60.7 Å². The Balaban J connectivity index is 0.000000146. The fraction of sp³-hybridized carbons (Fsp3) is 0.0741. The Morgan fingerprint density at radius 2 is 0.897 bits per heavy atom. The lowest BCUT2D eigenvalue weighted by Crippen LogP contribution is -2.14. The Labute approximate surface area is 342 Å². The molecule has 0 aliphatic rings. The highest BCUT2D eigenvalue weighted by molar-refractivity contribution is 5.99. The van der Waals surface area contributed by atoms with E-state index in [-0.39, 0.29) is 6.04 Å². The van der Waals surface area contributed by atoms with E-state index in [1.54, 1.807) is 0 Å². The topological polar surface area (TPSA) is 104 Å². The van der Waals surface area contributed by atoms with Crippen molar-refractivity contribution >= 4 is 32.9 Å². The van der Waals surface area contributed by atoms with Gasteiger partial charge in [0.1, 0.15) is 0 Å². The van der Waals surface area contributed by atoms with Gasteiger partial charge in [-0.25, -0.2) is 0 Å². The van der Waals surface area contributed by atoms with Crippen LogP contribution in [-0.4, -0.2) is 0 Å². The van der Waals surface area contributed by atoms with Crippen LogP contribution in [0.5, 0.6) is 0 Å². The normalized spacial score (nSPS) is 11.2. The van der Waals surface area contributed by atoms with Crippen molar-refractivity contribution in [3.8, 4) is 22.3 Å². The van der Waals surface area contributed by atoms with E-state index in [0.717, 1.165) is 28.9 Å². The van der Waals surface area contributed by atoms with Crippen LogP contribution in [-0.2, 0) is 13.0 Å². The summed E-state index contributed by atoms with van der Waals surface area (Å²) in [6.45, 7) is 2.71. The van der Waals surface area contributed by atoms with Crippen molar-refractivity contribution in [2.75, 3.05) is 11.5 Å². The molecule has 0 spiro atoms. The summed E-state index contributed by atoms with van der Waals surface area (Å²) in [7, 11) is 0. The lowest BCUT2D eigenvalue weighted by molar-refractivity contribution is 0.884. The van der Waals surface area contributed by atoms with Crippen molar-refractivity contribution in [3.63, 3.8) is 0 Å². The van der Waals surface area contributed by atoms with E-state index in [0.29, 0.717) is 6.54 Å². The molecule has 286 valence electrons. The summed E-state index contributed by atoms with van der Waals surface area (Å²) in [5.74, 6) is 0. The van der Waals surface area contributed by atoms with Crippen molar-refractivity contribution in [3.05, 3.63) is 240 Å². The third kappa shape index (κ3) is 9.17. The number of rotatable bonds is 7. The first-order valence-electron chi connectivity index (χ1n) is 19.7. The molecular weight excluding hydrogens is 705 g/mol. The van der Waals surface area contributed by atoms with Gasteiger partial charge in [-0.05, 0) is 90.7 Å². The number of anilines is 2. The first-order chi connectivity index (χ1) is 28.4. The summed E-state index contributed by atoms with van der Waals surface area (Å²) in [5.41, 5.74) is 37.8. The van der Waals surface area contributed by atoms with Gasteiger partial charge in [-0.15, -0.1) is 0 Å². The lowest BCUT2D eigenvalue weighted by atomic mass is 9.90. The molecule has 0 aliphatic carbocycles. The summed E-state index contributed by atoms with van der Waals surface area (Å²) >= 11 is 0. The van der Waals surface area contributed by atoms with Crippen molar-refractivity contribution < 1.29 is 0 Å². The molecule has 0 saturated carbocycles. The van der Waals surface area contributed by atoms with Crippen molar-refractivity contribution in [1.29, 1.82) is 0 Å². The second kappa shape index (κ2) is 18.8. The molecular formula is C54H50N4. The molecule has 0 amide bonds. The predicted molar refractivity (Wildman–Crippen MR) is 248 cm³/mol. The minimum atomic E-state index is -0.254. The van der Waals surface area contributed by atoms with Crippen LogP contribution in [0.25, 0.3) is 43.8 Å². The lowest BCUT2D eigenvalue weighted by Gasteiger charge is -2.18. The molecule has 9 rings (SSSR count). The maximum absolute atomic E-state index is 6.59. The quantitative estimate of drug-likeness (QED) is 0.122. The number of hydrogen-bond acceptors (Lipinski definition) is 4. The largest absolute Gasteiger partial charge is 0.398 e. The van der Waals surface area contributed by atoms with Crippen molar-refractivity contribution in [2.45, 2.75) is 25.9 Å². The molecule has 1 unspecified atom stereocenters. The van der Waals surface area contributed by atoms with Gasteiger partial charge in [0.05, 0.1) is 6.04 Å². The third-order valence-electron chi connectivity index (χ3n) is 10.6. The summed E-state index contributed by atoms with van der Waals surface area (Å²) in [5, 5.41) is 4.95. The summed E-state index contributed by atoms with van der Waals surface area (Å²) in [6, 6.07) is 70.7. The van der Waals surface area contributed by atoms with Gasteiger partial charge in [0.15, 0.2) is 0 Å². The molecule has 9 aromatic carbocycles. The summed E-state index contributed by atoms with van der Waals surface area (Å²) in [6.07, 6.45) is 0.849. The first kappa shape index (κ1) is 39.3. The SMILES string of the molecule is Cc1cccc(CN)c1.Nc1ccccc1C(N)c1cccc2c(-c3ccccc3)cccc12.Nc1ccccc1Cc1cccc2c(-c3ccccc3)cccc12. The molecule has 0 saturated heterocycles. The highest BCUT2D eigenvalue weighted by Crippen LogP contribution is 2.35. The second-order valence-corrected chi connectivity index (χ2v) is 14.5. The van der Waals surface area contributed by atoms with Crippen LogP contribution in [0.4, 0.5) is 11.4 Å². The zero-order valence-corrected chi connectivity index (χ0v) is 32.9. The van der Waals surface area contributed by atoms with Gasteiger partial charge in [-0.1, -0.05) is 200 Å². The monoisotopic (exact) mass is 754 g/mol. The summed E-state index contributed by atoms with van der Waals surface area (Å²) < 4.78 is 0. The standard InChI is InChI=1S/C23H20N2.C23H19N.C8H11N/c24-22-15-5-4-10-21(22)23(25)20-14-7-12-18-17(11-6-13-19(18)20)16-8-2-1-3-9-16;24-23-15-5-4-10-19(23)16-18-11-6-14-22-20(12-7-13-21(18)22)17-8-2-1-3-9-17;1-7-3-2-4-8(5-7)6-9/h1-15,23H,24-25H2;1-15H,16,24H2;2-5H,6,9H2,1H3. The van der Waals surface area contributed by atoms with E-state index >= 15 is 0 Å². The molecule has 0 bridgehead atoms. The van der Waals surface area contributed by atoms with Gasteiger partial charge >= 0.3 is 0 Å². The molecule has 0 aliphatic heterocycles. The summed E-state index contributed by atoms with van der Waals surface area (Å²) in [4.78, 5) is 0. The van der Waals surface area contributed by atoms with Crippen LogP contribution in [0.2, 0.25) is 0 Å². The van der Waals surface area contributed by atoms with Crippen LogP contribution < -0.4 is 22.9 Å². The maximum Gasteiger partial charge on any atom is 0.0578 e. The molecule has 4 heteroatoms. The zero-order chi connectivity index (χ0) is 40.3. The highest BCUT2D eigenvalue weighted by Gasteiger charge is 2.16. The molecule has 0 fully saturated rings. The number of hydrogen-bond donors (Lipinski definition) is 4. The molecule has 0 radical (unpaired) electrons. The van der Waals surface area contributed by atoms with Gasteiger partial charge in [0.25, 0.3) is 0 Å². The minimum absolute atomic E-state index is 0.254. The molecule has 0 aromatic heterocycles. The first-order valence-corrected chi connectivity index (χ1v) is 19.7. The molecule has 8 N–H and O–H groups in total. The van der Waals surface area contributed by atoms with E-state index in [9.17, 15) is 0 Å². The predicted octanol–water partition coefficient (Wildman–Crippen LogP) is 12.3. The van der Waals surface area contributed by atoms with Gasteiger partial charge < -0.3 is 22.9 Å². The van der Waals surface area contributed by atoms with E-state index in [2.05, 4.69) is 153 Å². The van der Waals surface area contributed by atoms with Crippen LogP contribution in [0.15, 0.2) is 206 Å². The van der Waals surface area contributed by atoms with E-state index < -0.39 is 0 Å². The third-order valence-corrected chi connectivity index (χ3v) is 10.6. The molecule has 1 atom stereocenters. The Bertz CT molecular complexity index is 2740. The van der Waals surface area contributed by atoms with Gasteiger partial charge in [-0.2, -0.15) is 0 Å². The Morgan fingerprint density at radius 3 is 1.50 bits per heavy atom. The van der Waals surface area contributed by atoms with Gasteiger partial charge in [0.2, 0.25) is 0 Å². The fourth-order valence-electron chi connectivity index (χ4n) is 7.57. The Kier molecular flexibility index (Phi) is 12.7. The van der Waals surface area contributed by atoms with Gasteiger partial charge in [-0.3, -0.25) is 0 Å². The van der Waals surface area contributed by atoms with E-state index in [1.165, 1.54) is 66.1 Å². The number of nitrogens with two attached hydrogens (primary N) is 4. The number of fused-ring (bicyclic) bond motifs is 2. The second-order valence-electron chi connectivity index (χ2n) is 14.5. The van der Waals surface area contributed by atoms with Crippen LogP contribution >= 0.6 is 0 Å². The van der Waals surface area contributed by atoms with Crippen molar-refractivity contribution in [2.24, 2.45) is 11.5 Å². The van der Waals surface area contributed by atoms with Crippen LogP contribution in [0, 0.1) is 6.92 Å². The average molecular weight is 755 g/mol. The van der Waals surface area contributed by atoms with Crippen molar-refractivity contribution in [1.82, 2.24) is 0 Å². The van der Waals surface area contributed by atoms with E-state index in [4.69, 9.17) is 22.9 Å². The Morgan fingerprint density at radius 1 is 0.414 bits per heavy atom. The molecule has 4 nitrogen and oxygen atoms in total. The minimum Gasteiger partial charge on any atom is -0.398 e. The molecule has 58 heavy (non-hydrogen) atoms. The number of aryl methyl sites for hydroxylation is 1.